The Kier molecular flexibility index (Phi) is 4.71. The van der Waals surface area contributed by atoms with Crippen molar-refractivity contribution in [2.75, 3.05) is 20.1 Å². The molecule has 0 bridgehead atoms. The molecule has 0 aromatic heterocycles. The first-order valence-electron chi connectivity index (χ1n) is 7.16. The zero-order valence-electron chi connectivity index (χ0n) is 12.4. The summed E-state index contributed by atoms with van der Waals surface area (Å²) in [6.07, 6.45) is 0.925. The van der Waals surface area contributed by atoms with E-state index in [4.69, 9.17) is 11.6 Å². The molecule has 1 unspecified atom stereocenters. The molecule has 110 valence electrons. The van der Waals surface area contributed by atoms with Crippen LogP contribution >= 0.6 is 11.6 Å². The van der Waals surface area contributed by atoms with Crippen LogP contribution in [0.15, 0.2) is 24.3 Å². The van der Waals surface area contributed by atoms with Crippen LogP contribution in [0.2, 0.25) is 5.02 Å². The maximum Gasteiger partial charge on any atom is 0.230 e. The quantitative estimate of drug-likeness (QED) is 0.926. The number of carbonyl (C=O) groups excluding carboxylic acids is 1. The second kappa shape index (κ2) is 6.15. The van der Waals surface area contributed by atoms with Gasteiger partial charge in [-0.1, -0.05) is 37.6 Å². The van der Waals surface area contributed by atoms with Crippen LogP contribution in [-0.4, -0.2) is 30.9 Å². The van der Waals surface area contributed by atoms with Gasteiger partial charge in [0.25, 0.3) is 0 Å². The van der Waals surface area contributed by atoms with Gasteiger partial charge in [0.15, 0.2) is 0 Å². The normalized spacial score (nSPS) is 22.2. The number of benzene rings is 1. The molecule has 1 N–H and O–H groups in total. The summed E-state index contributed by atoms with van der Waals surface area (Å²) >= 11 is 5.89. The molecule has 1 aliphatic heterocycles. The fraction of sp³-hybridized carbons (Fsp3) is 0.562. The zero-order valence-corrected chi connectivity index (χ0v) is 13.2. The summed E-state index contributed by atoms with van der Waals surface area (Å²) in [5, 5.41) is 4.06. The molecule has 0 saturated carbocycles. The lowest BCUT2D eigenvalue weighted by molar-refractivity contribution is -0.142. The monoisotopic (exact) mass is 294 g/mol. The third-order valence-corrected chi connectivity index (χ3v) is 4.65. The minimum absolute atomic E-state index is 0.243. The Bertz CT molecular complexity index is 464. The molecule has 20 heavy (non-hydrogen) atoms. The van der Waals surface area contributed by atoms with E-state index in [-0.39, 0.29) is 11.3 Å². The van der Waals surface area contributed by atoms with Crippen molar-refractivity contribution < 1.29 is 4.79 Å². The van der Waals surface area contributed by atoms with E-state index in [9.17, 15) is 4.79 Å². The second-order valence-corrected chi connectivity index (χ2v) is 6.46. The van der Waals surface area contributed by atoms with Crippen LogP contribution in [0.4, 0.5) is 0 Å². The standard InChI is InChI=1S/C16H23ClN2O/c1-12(2)16(8-9-18-11-16)15(20)19(3)10-13-4-6-14(17)7-5-13/h4-7,12,18H,8-11H2,1-3H3. The van der Waals surface area contributed by atoms with Crippen LogP contribution in [0, 0.1) is 11.3 Å². The van der Waals surface area contributed by atoms with Gasteiger partial charge in [0.05, 0.1) is 5.41 Å². The first-order chi connectivity index (χ1) is 9.45. The SMILES string of the molecule is CC(C)C1(C(=O)N(C)Cc2ccc(Cl)cc2)CCNC1. The Morgan fingerprint density at radius 1 is 1.40 bits per heavy atom. The summed E-state index contributed by atoms with van der Waals surface area (Å²) in [5.74, 6) is 0.588. The molecule has 3 nitrogen and oxygen atoms in total. The topological polar surface area (TPSA) is 32.3 Å². The summed E-state index contributed by atoms with van der Waals surface area (Å²) in [6.45, 7) is 6.62. The van der Waals surface area contributed by atoms with Gasteiger partial charge in [0, 0.05) is 25.2 Å². The van der Waals surface area contributed by atoms with Crippen LogP contribution in [-0.2, 0) is 11.3 Å². The number of nitrogens with one attached hydrogen (secondary N) is 1. The van der Waals surface area contributed by atoms with Crippen LogP contribution in [0.5, 0.6) is 0 Å². The second-order valence-electron chi connectivity index (χ2n) is 6.03. The minimum Gasteiger partial charge on any atom is -0.341 e. The molecule has 1 aromatic rings. The van der Waals surface area contributed by atoms with Crippen LogP contribution < -0.4 is 5.32 Å². The molecule has 1 aromatic carbocycles. The van der Waals surface area contributed by atoms with Crippen molar-refractivity contribution in [3.05, 3.63) is 34.9 Å². The van der Waals surface area contributed by atoms with Gasteiger partial charge < -0.3 is 10.2 Å². The smallest absolute Gasteiger partial charge is 0.230 e. The molecule has 4 heteroatoms. The summed E-state index contributed by atoms with van der Waals surface area (Å²) in [4.78, 5) is 14.7. The molecule has 1 fully saturated rings. The molecule has 0 spiro atoms. The largest absolute Gasteiger partial charge is 0.341 e. The van der Waals surface area contributed by atoms with Crippen molar-refractivity contribution in [1.82, 2.24) is 10.2 Å². The van der Waals surface area contributed by atoms with Crippen molar-refractivity contribution in [1.29, 1.82) is 0 Å². The molecular weight excluding hydrogens is 272 g/mol. The molecule has 1 atom stereocenters. The zero-order chi connectivity index (χ0) is 14.8. The van der Waals surface area contributed by atoms with Crippen molar-refractivity contribution in [3.63, 3.8) is 0 Å². The lowest BCUT2D eigenvalue weighted by Gasteiger charge is -2.35. The van der Waals surface area contributed by atoms with Crippen molar-refractivity contribution >= 4 is 17.5 Å². The Balaban J connectivity index is 2.09. The highest BCUT2D eigenvalue weighted by atomic mass is 35.5. The van der Waals surface area contributed by atoms with Gasteiger partial charge in [-0.15, -0.1) is 0 Å². The average Bonchev–Trinajstić information content (AvgIpc) is 2.91. The lowest BCUT2D eigenvalue weighted by atomic mass is 9.75. The number of carbonyl (C=O) groups is 1. The van der Waals surface area contributed by atoms with E-state index in [1.807, 2.05) is 36.2 Å². The Morgan fingerprint density at radius 3 is 2.55 bits per heavy atom. The van der Waals surface area contributed by atoms with Gasteiger partial charge in [-0.25, -0.2) is 0 Å². The molecule has 1 heterocycles. The first kappa shape index (κ1) is 15.3. The van der Waals surface area contributed by atoms with Crippen molar-refractivity contribution in [3.8, 4) is 0 Å². The number of hydrogen-bond acceptors (Lipinski definition) is 2. The highest BCUT2D eigenvalue weighted by Gasteiger charge is 2.45. The van der Waals surface area contributed by atoms with E-state index in [2.05, 4.69) is 19.2 Å². The fourth-order valence-electron chi connectivity index (χ4n) is 2.95. The van der Waals surface area contributed by atoms with Gasteiger partial charge in [0.2, 0.25) is 5.91 Å². The number of halogens is 1. The lowest BCUT2D eigenvalue weighted by Crippen LogP contribution is -2.46. The molecule has 0 radical (unpaired) electrons. The van der Waals surface area contributed by atoms with E-state index in [1.54, 1.807) is 0 Å². The molecule has 1 aliphatic rings. The molecule has 1 saturated heterocycles. The first-order valence-corrected chi connectivity index (χ1v) is 7.54. The number of hydrogen-bond donors (Lipinski definition) is 1. The minimum atomic E-state index is -0.249. The van der Waals surface area contributed by atoms with Gasteiger partial charge in [-0.05, 0) is 36.6 Å². The van der Waals surface area contributed by atoms with Crippen LogP contribution in [0.1, 0.15) is 25.8 Å². The number of amides is 1. The van der Waals surface area contributed by atoms with Crippen LogP contribution in [0.3, 0.4) is 0 Å². The predicted octanol–water partition coefficient (Wildman–Crippen LogP) is 2.93. The third-order valence-electron chi connectivity index (χ3n) is 4.40. The number of nitrogens with zero attached hydrogens (tertiary/aromatic N) is 1. The third kappa shape index (κ3) is 2.99. The van der Waals surface area contributed by atoms with E-state index in [0.29, 0.717) is 12.5 Å². The highest BCUT2D eigenvalue weighted by Crippen LogP contribution is 2.36. The molecule has 0 aliphatic carbocycles. The van der Waals surface area contributed by atoms with E-state index >= 15 is 0 Å². The fourth-order valence-corrected chi connectivity index (χ4v) is 3.08. The van der Waals surface area contributed by atoms with Crippen molar-refractivity contribution in [2.45, 2.75) is 26.8 Å². The summed E-state index contributed by atoms with van der Waals surface area (Å²) in [6, 6.07) is 7.68. The Labute approximate surface area is 126 Å². The predicted molar refractivity (Wildman–Crippen MR) is 82.7 cm³/mol. The maximum atomic E-state index is 12.8. The van der Waals surface area contributed by atoms with Crippen LogP contribution in [0.25, 0.3) is 0 Å². The van der Waals surface area contributed by atoms with E-state index < -0.39 is 0 Å². The van der Waals surface area contributed by atoms with E-state index in [1.165, 1.54) is 0 Å². The molecule has 2 rings (SSSR count). The van der Waals surface area contributed by atoms with Gasteiger partial charge in [0.1, 0.15) is 0 Å². The van der Waals surface area contributed by atoms with Gasteiger partial charge in [-0.3, -0.25) is 4.79 Å². The number of rotatable bonds is 4. The van der Waals surface area contributed by atoms with E-state index in [0.717, 1.165) is 30.1 Å². The summed E-state index contributed by atoms with van der Waals surface area (Å²) < 4.78 is 0. The summed E-state index contributed by atoms with van der Waals surface area (Å²) in [7, 11) is 1.89. The molecular formula is C16H23ClN2O. The maximum absolute atomic E-state index is 12.8. The Hall–Kier alpha value is -1.06. The summed E-state index contributed by atoms with van der Waals surface area (Å²) in [5.41, 5.74) is 0.858. The molecule has 1 amide bonds. The van der Waals surface area contributed by atoms with Gasteiger partial charge in [-0.2, -0.15) is 0 Å². The highest BCUT2D eigenvalue weighted by molar-refractivity contribution is 6.30. The van der Waals surface area contributed by atoms with Crippen molar-refractivity contribution in [2.24, 2.45) is 11.3 Å². The average molecular weight is 295 g/mol. The Morgan fingerprint density at radius 2 is 2.05 bits per heavy atom. The van der Waals surface area contributed by atoms with Gasteiger partial charge >= 0.3 is 0 Å².